The first-order chi connectivity index (χ1) is 8.69. The van der Waals surface area contributed by atoms with Crippen LogP contribution in [-0.2, 0) is 11.3 Å². The highest BCUT2D eigenvalue weighted by atomic mass is 16.2. The van der Waals surface area contributed by atoms with E-state index in [1.807, 2.05) is 6.07 Å². The quantitative estimate of drug-likeness (QED) is 0.858. The average molecular weight is 247 g/mol. The lowest BCUT2D eigenvalue weighted by atomic mass is 9.86. The monoisotopic (exact) mass is 247 g/mol. The highest BCUT2D eigenvalue weighted by molar-refractivity contribution is 5.75. The third kappa shape index (κ3) is 3.06. The van der Waals surface area contributed by atoms with Gasteiger partial charge in [0.2, 0.25) is 5.91 Å². The molecule has 1 aromatic heterocycles. The third-order valence-corrected chi connectivity index (χ3v) is 3.40. The molecule has 1 aromatic rings. The van der Waals surface area contributed by atoms with Crippen molar-refractivity contribution in [3.05, 3.63) is 12.2 Å². The van der Waals surface area contributed by atoms with E-state index in [1.54, 1.807) is 0 Å². The summed E-state index contributed by atoms with van der Waals surface area (Å²) in [6, 6.07) is 2.10. The summed E-state index contributed by atoms with van der Waals surface area (Å²) in [7, 11) is 0. The largest absolute Gasteiger partial charge is 0.351 e. The number of rotatable bonds is 3. The molecule has 0 radical (unpaired) electrons. The van der Waals surface area contributed by atoms with Crippen LogP contribution in [0.15, 0.2) is 6.33 Å². The fraction of sp³-hybridized carbons (Fsp3) is 0.667. The Morgan fingerprint density at radius 1 is 1.61 bits per heavy atom. The summed E-state index contributed by atoms with van der Waals surface area (Å²) < 4.78 is 1.39. The normalized spacial score (nSPS) is 23.3. The molecule has 0 spiro atoms. The van der Waals surface area contributed by atoms with Crippen molar-refractivity contribution < 1.29 is 4.79 Å². The number of amides is 1. The van der Waals surface area contributed by atoms with Crippen molar-refractivity contribution >= 4 is 5.91 Å². The molecule has 18 heavy (non-hydrogen) atoms. The highest BCUT2D eigenvalue weighted by Crippen LogP contribution is 2.23. The van der Waals surface area contributed by atoms with Crippen molar-refractivity contribution in [2.75, 3.05) is 0 Å². The van der Waals surface area contributed by atoms with Crippen LogP contribution in [0, 0.1) is 17.2 Å². The van der Waals surface area contributed by atoms with Gasteiger partial charge in [0.25, 0.3) is 5.82 Å². The molecule has 96 valence electrons. The zero-order valence-corrected chi connectivity index (χ0v) is 10.5. The zero-order valence-electron chi connectivity index (χ0n) is 10.5. The Labute approximate surface area is 106 Å². The van der Waals surface area contributed by atoms with Gasteiger partial charge in [-0.25, -0.2) is 9.67 Å². The standard InChI is InChI=1S/C12H17N5O/c1-9-4-2-3-5-10(9)15-12(18)7-17-8-14-11(6-13)16-17/h8-10H,2-5,7H2,1H3,(H,15,18)/t9-,10+/m0/s1. The molecule has 1 N–H and O–H groups in total. The van der Waals surface area contributed by atoms with E-state index in [9.17, 15) is 4.79 Å². The lowest BCUT2D eigenvalue weighted by Gasteiger charge is -2.29. The molecular formula is C12H17N5O. The summed E-state index contributed by atoms with van der Waals surface area (Å²) in [6.07, 6.45) is 6.06. The van der Waals surface area contributed by atoms with Gasteiger partial charge in [-0.05, 0) is 18.8 Å². The van der Waals surface area contributed by atoms with Crippen molar-refractivity contribution in [1.82, 2.24) is 20.1 Å². The van der Waals surface area contributed by atoms with E-state index in [2.05, 4.69) is 22.3 Å². The third-order valence-electron chi connectivity index (χ3n) is 3.40. The first kappa shape index (κ1) is 12.6. The second kappa shape index (κ2) is 5.63. The predicted octanol–water partition coefficient (Wildman–Crippen LogP) is 0.845. The summed E-state index contributed by atoms with van der Waals surface area (Å²) in [5, 5.41) is 15.5. The van der Waals surface area contributed by atoms with Gasteiger partial charge in [0, 0.05) is 6.04 Å². The minimum atomic E-state index is -0.0665. The van der Waals surface area contributed by atoms with Crippen LogP contribution in [0.4, 0.5) is 0 Å². The van der Waals surface area contributed by atoms with E-state index in [4.69, 9.17) is 5.26 Å². The molecule has 0 bridgehead atoms. The molecule has 0 aromatic carbocycles. The van der Waals surface area contributed by atoms with E-state index >= 15 is 0 Å². The molecule has 1 heterocycles. The Morgan fingerprint density at radius 3 is 3.06 bits per heavy atom. The maximum Gasteiger partial charge on any atom is 0.252 e. The van der Waals surface area contributed by atoms with E-state index < -0.39 is 0 Å². The Bertz CT molecular complexity index is 461. The number of carbonyl (C=O) groups is 1. The fourth-order valence-electron chi connectivity index (χ4n) is 2.35. The van der Waals surface area contributed by atoms with Gasteiger partial charge in [-0.2, -0.15) is 5.26 Å². The molecule has 1 aliphatic rings. The van der Waals surface area contributed by atoms with Crippen molar-refractivity contribution in [3.63, 3.8) is 0 Å². The lowest BCUT2D eigenvalue weighted by molar-refractivity contribution is -0.123. The molecule has 1 amide bonds. The number of nitrogens with one attached hydrogen (secondary N) is 1. The van der Waals surface area contributed by atoms with E-state index in [-0.39, 0.29) is 24.3 Å². The SMILES string of the molecule is C[C@H]1CCCC[C@H]1NC(=O)Cn1cnc(C#N)n1. The number of aromatic nitrogens is 3. The Hall–Kier alpha value is -1.90. The number of hydrogen-bond acceptors (Lipinski definition) is 4. The van der Waals surface area contributed by atoms with E-state index in [0.29, 0.717) is 5.92 Å². The molecular weight excluding hydrogens is 230 g/mol. The molecule has 0 saturated heterocycles. The van der Waals surface area contributed by atoms with Crippen LogP contribution in [0.5, 0.6) is 0 Å². The summed E-state index contributed by atoms with van der Waals surface area (Å²) in [5.41, 5.74) is 0. The first-order valence-corrected chi connectivity index (χ1v) is 6.28. The Morgan fingerprint density at radius 2 is 2.39 bits per heavy atom. The van der Waals surface area contributed by atoms with Gasteiger partial charge in [0.05, 0.1) is 0 Å². The van der Waals surface area contributed by atoms with Crippen LogP contribution in [0.2, 0.25) is 0 Å². The lowest BCUT2D eigenvalue weighted by Crippen LogP contribution is -2.42. The molecule has 2 rings (SSSR count). The van der Waals surface area contributed by atoms with Gasteiger partial charge in [0.1, 0.15) is 18.9 Å². The predicted molar refractivity (Wildman–Crippen MR) is 64.3 cm³/mol. The van der Waals surface area contributed by atoms with Gasteiger partial charge < -0.3 is 5.32 Å². The van der Waals surface area contributed by atoms with Crippen molar-refractivity contribution in [2.24, 2.45) is 5.92 Å². The van der Waals surface area contributed by atoms with Gasteiger partial charge in [-0.15, -0.1) is 5.10 Å². The minimum absolute atomic E-state index is 0.0665. The van der Waals surface area contributed by atoms with E-state index in [0.717, 1.165) is 6.42 Å². The number of carbonyl (C=O) groups excluding carboxylic acids is 1. The highest BCUT2D eigenvalue weighted by Gasteiger charge is 2.22. The fourth-order valence-corrected chi connectivity index (χ4v) is 2.35. The van der Waals surface area contributed by atoms with Gasteiger partial charge in [0.15, 0.2) is 0 Å². The smallest absolute Gasteiger partial charge is 0.252 e. The Balaban J connectivity index is 1.86. The van der Waals surface area contributed by atoms with Crippen LogP contribution in [0.3, 0.4) is 0 Å². The molecule has 6 nitrogen and oxygen atoms in total. The van der Waals surface area contributed by atoms with Crippen molar-refractivity contribution in [3.8, 4) is 6.07 Å². The molecule has 1 fully saturated rings. The average Bonchev–Trinajstić information content (AvgIpc) is 2.80. The van der Waals surface area contributed by atoms with E-state index in [1.165, 1.54) is 30.3 Å². The topological polar surface area (TPSA) is 83.6 Å². The summed E-state index contributed by atoms with van der Waals surface area (Å²) >= 11 is 0. The van der Waals surface area contributed by atoms with Crippen LogP contribution in [-0.4, -0.2) is 26.7 Å². The molecule has 0 aliphatic heterocycles. The molecule has 1 saturated carbocycles. The maximum atomic E-state index is 11.8. The van der Waals surface area contributed by atoms with Crippen LogP contribution >= 0.6 is 0 Å². The molecule has 6 heteroatoms. The second-order valence-corrected chi connectivity index (χ2v) is 4.81. The summed E-state index contributed by atoms with van der Waals surface area (Å²) in [6.45, 7) is 2.30. The zero-order chi connectivity index (χ0) is 13.0. The molecule has 1 aliphatic carbocycles. The minimum Gasteiger partial charge on any atom is -0.351 e. The first-order valence-electron chi connectivity index (χ1n) is 6.28. The Kier molecular flexibility index (Phi) is 3.92. The van der Waals surface area contributed by atoms with Crippen molar-refractivity contribution in [1.29, 1.82) is 5.26 Å². The van der Waals surface area contributed by atoms with Crippen LogP contribution in [0.1, 0.15) is 38.4 Å². The van der Waals surface area contributed by atoms with Crippen LogP contribution in [0.25, 0.3) is 0 Å². The van der Waals surface area contributed by atoms with Gasteiger partial charge >= 0.3 is 0 Å². The summed E-state index contributed by atoms with van der Waals surface area (Å²) in [5.74, 6) is 0.560. The number of nitrogens with zero attached hydrogens (tertiary/aromatic N) is 4. The summed E-state index contributed by atoms with van der Waals surface area (Å²) in [4.78, 5) is 15.6. The van der Waals surface area contributed by atoms with Gasteiger partial charge in [-0.1, -0.05) is 19.8 Å². The number of hydrogen-bond donors (Lipinski definition) is 1. The van der Waals surface area contributed by atoms with Crippen LogP contribution < -0.4 is 5.32 Å². The van der Waals surface area contributed by atoms with Gasteiger partial charge in [-0.3, -0.25) is 4.79 Å². The number of nitriles is 1. The molecule has 2 atom stereocenters. The second-order valence-electron chi connectivity index (χ2n) is 4.81. The molecule has 0 unspecified atom stereocenters. The maximum absolute atomic E-state index is 11.8. The van der Waals surface area contributed by atoms with Crippen molar-refractivity contribution in [2.45, 2.75) is 45.2 Å².